The Morgan fingerprint density at radius 1 is 1.29 bits per heavy atom. The van der Waals surface area contributed by atoms with E-state index in [4.69, 9.17) is 23.4 Å². The van der Waals surface area contributed by atoms with Crippen LogP contribution in [0.3, 0.4) is 0 Å². The van der Waals surface area contributed by atoms with Crippen LogP contribution in [-0.4, -0.2) is 26.4 Å². The van der Waals surface area contributed by atoms with E-state index in [2.05, 4.69) is 25.4 Å². The first-order valence-corrected chi connectivity index (χ1v) is 12.1. The van der Waals surface area contributed by atoms with Crippen molar-refractivity contribution in [2.45, 2.75) is 37.5 Å². The average Bonchev–Trinajstić information content (AvgIpc) is 2.43. The van der Waals surface area contributed by atoms with Crippen molar-refractivity contribution in [3.63, 3.8) is 0 Å². The Morgan fingerprint density at radius 2 is 1.81 bits per heavy atom. The summed E-state index contributed by atoms with van der Waals surface area (Å²) >= 11 is 12.2. The first-order chi connectivity index (χ1) is 9.56. The summed E-state index contributed by atoms with van der Waals surface area (Å²) in [5.74, 6) is 0. The highest BCUT2D eigenvalue weighted by Gasteiger charge is 2.26. The Labute approximate surface area is 138 Å². The van der Waals surface area contributed by atoms with Gasteiger partial charge in [0.25, 0.3) is 10.0 Å². The van der Waals surface area contributed by atoms with Gasteiger partial charge in [-0.05, 0) is 36.9 Å². The molecule has 1 unspecified atom stereocenters. The zero-order chi connectivity index (χ0) is 16.3. The van der Waals surface area contributed by atoms with Crippen LogP contribution in [0.25, 0.3) is 0 Å². The van der Waals surface area contributed by atoms with Crippen LogP contribution in [0.2, 0.25) is 19.6 Å². The van der Waals surface area contributed by atoms with Gasteiger partial charge in [0.2, 0.25) is 0 Å². The molecule has 1 rings (SSSR count). The molecular formula is C14H19Cl2NO2SSi. The molecule has 0 radical (unpaired) electrons. The summed E-state index contributed by atoms with van der Waals surface area (Å²) in [5, 5.41) is 0. The summed E-state index contributed by atoms with van der Waals surface area (Å²) in [7, 11) is -5.38. The van der Waals surface area contributed by atoms with Gasteiger partial charge < -0.3 is 0 Å². The smallest absolute Gasteiger partial charge is 0.206 e. The van der Waals surface area contributed by atoms with Crippen LogP contribution in [0.4, 0.5) is 0 Å². The molecule has 0 bridgehead atoms. The van der Waals surface area contributed by atoms with E-state index < -0.39 is 24.1 Å². The largest absolute Gasteiger partial charge is 0.257 e. The lowest BCUT2D eigenvalue weighted by Gasteiger charge is -2.18. The summed E-state index contributed by atoms with van der Waals surface area (Å²) in [6, 6.07) is 7.51. The van der Waals surface area contributed by atoms with E-state index in [9.17, 15) is 8.42 Å². The fraction of sp³-hybridized carbons (Fsp3) is 0.357. The Morgan fingerprint density at radius 3 is 2.29 bits per heavy atom. The minimum absolute atomic E-state index is 0.153. The summed E-state index contributed by atoms with van der Waals surface area (Å²) < 4.78 is 26.1. The second-order valence-electron chi connectivity index (χ2n) is 5.68. The zero-order valence-electron chi connectivity index (χ0n) is 12.5. The molecule has 0 fully saturated rings. The SMILES string of the molecule is CC(C=C=C(Cl)[Si](C)(C)C)N(Cl)S(=O)(=O)c1ccccc1. The topological polar surface area (TPSA) is 37.4 Å². The number of hydrogen-bond donors (Lipinski definition) is 0. The van der Waals surface area contributed by atoms with Gasteiger partial charge in [-0.1, -0.05) is 49.4 Å². The van der Waals surface area contributed by atoms with Gasteiger partial charge in [0.15, 0.2) is 0 Å². The van der Waals surface area contributed by atoms with E-state index in [1.807, 2.05) is 0 Å². The van der Waals surface area contributed by atoms with Gasteiger partial charge >= 0.3 is 0 Å². The van der Waals surface area contributed by atoms with E-state index >= 15 is 0 Å². The maximum absolute atomic E-state index is 12.3. The monoisotopic (exact) mass is 363 g/mol. The maximum atomic E-state index is 12.3. The molecule has 1 aromatic carbocycles. The minimum Gasteiger partial charge on any atom is -0.206 e. The van der Waals surface area contributed by atoms with Gasteiger partial charge in [-0.15, -0.1) is 9.56 Å². The van der Waals surface area contributed by atoms with Gasteiger partial charge in [-0.2, -0.15) is 0 Å². The molecule has 116 valence electrons. The number of sulfonamides is 1. The summed E-state index contributed by atoms with van der Waals surface area (Å²) in [5.41, 5.74) is 2.96. The number of rotatable bonds is 5. The summed E-state index contributed by atoms with van der Waals surface area (Å²) in [4.78, 5) is 0.153. The third kappa shape index (κ3) is 4.99. The van der Waals surface area contributed by atoms with Crippen molar-refractivity contribution in [3.05, 3.63) is 46.8 Å². The van der Waals surface area contributed by atoms with Crippen LogP contribution < -0.4 is 0 Å². The summed E-state index contributed by atoms with van der Waals surface area (Å²) in [6.07, 6.45) is 1.58. The molecule has 0 aliphatic heterocycles. The molecule has 0 heterocycles. The van der Waals surface area contributed by atoms with Crippen LogP contribution >= 0.6 is 23.4 Å². The van der Waals surface area contributed by atoms with Crippen molar-refractivity contribution in [2.24, 2.45) is 0 Å². The number of hydrogen-bond acceptors (Lipinski definition) is 2. The van der Waals surface area contributed by atoms with Gasteiger partial charge in [-0.3, -0.25) is 0 Å². The molecule has 0 saturated carbocycles. The van der Waals surface area contributed by atoms with Crippen molar-refractivity contribution in [3.8, 4) is 0 Å². The molecule has 1 aromatic rings. The van der Waals surface area contributed by atoms with E-state index in [1.54, 1.807) is 31.2 Å². The molecule has 0 saturated heterocycles. The van der Waals surface area contributed by atoms with Gasteiger partial charge in [0, 0.05) is 4.66 Å². The van der Waals surface area contributed by atoms with Crippen LogP contribution in [0.15, 0.2) is 51.7 Å². The summed E-state index contributed by atoms with van der Waals surface area (Å²) in [6.45, 7) is 7.93. The van der Waals surface area contributed by atoms with E-state index in [0.717, 1.165) is 3.82 Å². The third-order valence-corrected chi connectivity index (χ3v) is 8.48. The molecule has 0 aromatic heterocycles. The van der Waals surface area contributed by atoms with Gasteiger partial charge in [-0.25, -0.2) is 8.42 Å². The fourth-order valence-electron chi connectivity index (χ4n) is 1.38. The number of nitrogens with zero attached hydrogens (tertiary/aromatic N) is 1. The molecule has 0 aliphatic carbocycles. The van der Waals surface area contributed by atoms with Crippen molar-refractivity contribution in [1.82, 2.24) is 3.82 Å². The maximum Gasteiger partial charge on any atom is 0.257 e. The molecule has 7 heteroatoms. The highest BCUT2D eigenvalue weighted by molar-refractivity contribution is 7.90. The zero-order valence-corrected chi connectivity index (χ0v) is 15.8. The molecular weight excluding hydrogens is 345 g/mol. The fourth-order valence-corrected chi connectivity index (χ4v) is 3.46. The van der Waals surface area contributed by atoms with Gasteiger partial charge in [0.1, 0.15) is 8.07 Å². The molecule has 21 heavy (non-hydrogen) atoms. The highest BCUT2D eigenvalue weighted by Crippen LogP contribution is 2.21. The first kappa shape index (κ1) is 18.5. The van der Waals surface area contributed by atoms with Crippen LogP contribution in [0.5, 0.6) is 0 Å². The Hall–Kier alpha value is -0.553. The van der Waals surface area contributed by atoms with Crippen molar-refractivity contribution < 1.29 is 8.42 Å². The van der Waals surface area contributed by atoms with Crippen LogP contribution in [0.1, 0.15) is 6.92 Å². The first-order valence-electron chi connectivity index (χ1n) is 6.45. The average molecular weight is 364 g/mol. The van der Waals surface area contributed by atoms with Crippen LogP contribution in [0, 0.1) is 0 Å². The normalized spacial score (nSPS) is 13.7. The predicted octanol–water partition coefficient (Wildman–Crippen LogP) is 4.37. The molecule has 0 spiro atoms. The van der Waals surface area contributed by atoms with Crippen LogP contribution in [-0.2, 0) is 10.0 Å². The quantitative estimate of drug-likeness (QED) is 0.442. The molecule has 1 atom stereocenters. The lowest BCUT2D eigenvalue weighted by molar-refractivity contribution is 0.514. The second-order valence-corrected chi connectivity index (χ2v) is 13.8. The Bertz CT molecular complexity index is 647. The lowest BCUT2D eigenvalue weighted by atomic mass is 10.4. The molecule has 0 amide bonds. The molecule has 0 aliphatic rings. The predicted molar refractivity (Wildman–Crippen MR) is 91.6 cm³/mol. The molecule has 0 N–H and O–H groups in total. The van der Waals surface area contributed by atoms with E-state index in [1.165, 1.54) is 12.1 Å². The Kier molecular flexibility index (Phi) is 6.29. The van der Waals surface area contributed by atoms with E-state index in [-0.39, 0.29) is 4.90 Å². The van der Waals surface area contributed by atoms with E-state index in [0.29, 0.717) is 4.66 Å². The Balaban J connectivity index is 3.04. The van der Waals surface area contributed by atoms with Crippen molar-refractivity contribution in [1.29, 1.82) is 0 Å². The minimum atomic E-state index is -3.74. The standard InChI is InChI=1S/C14H19Cl2NO2SSi/c1-12(10-11-14(15)21(2,3)4)17(16)20(18,19)13-8-6-5-7-9-13/h5-10,12H,1-4H3. The second kappa shape index (κ2) is 7.14. The number of halogens is 2. The van der Waals surface area contributed by atoms with Gasteiger partial charge in [0.05, 0.1) is 10.9 Å². The number of benzene rings is 1. The molecule has 3 nitrogen and oxygen atoms in total. The van der Waals surface area contributed by atoms with Crippen molar-refractivity contribution >= 4 is 41.5 Å². The van der Waals surface area contributed by atoms with Crippen molar-refractivity contribution in [2.75, 3.05) is 0 Å². The highest BCUT2D eigenvalue weighted by atomic mass is 35.5. The lowest BCUT2D eigenvalue weighted by Crippen LogP contribution is -2.29. The third-order valence-electron chi connectivity index (χ3n) is 2.70.